The molecule has 0 spiro atoms. The van der Waals surface area contributed by atoms with Crippen molar-refractivity contribution in [2.75, 3.05) is 10.6 Å². The number of nitrogens with one attached hydrogen (secondary N) is 2. The van der Waals surface area contributed by atoms with Crippen molar-refractivity contribution < 1.29 is 13.2 Å². The van der Waals surface area contributed by atoms with E-state index in [-0.39, 0.29) is 17.8 Å². The number of hydrogen-bond donors (Lipinski definition) is 2. The molecule has 2 aromatic rings. The highest BCUT2D eigenvalue weighted by molar-refractivity contribution is 14.1. The molecule has 8 heteroatoms. The first-order chi connectivity index (χ1) is 10.4. The lowest BCUT2D eigenvalue weighted by molar-refractivity contribution is -0.141. The summed E-state index contributed by atoms with van der Waals surface area (Å²) >= 11 is 2.11. The van der Waals surface area contributed by atoms with E-state index < -0.39 is 11.9 Å². The molecule has 1 aliphatic carbocycles. The van der Waals surface area contributed by atoms with E-state index in [0.717, 1.165) is 22.5 Å². The van der Waals surface area contributed by atoms with Crippen molar-refractivity contribution in [3.8, 4) is 0 Å². The van der Waals surface area contributed by atoms with Crippen LogP contribution < -0.4 is 10.6 Å². The zero-order chi connectivity index (χ0) is 15.7. The smallest absolute Gasteiger partial charge is 0.351 e. The van der Waals surface area contributed by atoms with Crippen LogP contribution in [-0.2, 0) is 6.18 Å². The van der Waals surface area contributed by atoms with Gasteiger partial charge in [-0.25, -0.2) is 4.98 Å². The lowest BCUT2D eigenvalue weighted by Crippen LogP contribution is -2.14. The second-order valence-corrected chi connectivity index (χ2v) is 6.15. The average Bonchev–Trinajstić information content (AvgIpc) is 3.24. The summed E-state index contributed by atoms with van der Waals surface area (Å²) in [5, 5.41) is 5.83. The van der Waals surface area contributed by atoms with Crippen LogP contribution in [0.4, 0.5) is 30.6 Å². The first-order valence-electron chi connectivity index (χ1n) is 6.66. The van der Waals surface area contributed by atoms with Gasteiger partial charge in [0, 0.05) is 15.7 Å². The summed E-state index contributed by atoms with van der Waals surface area (Å²) in [5.41, 5.74) is -0.258. The van der Waals surface area contributed by atoms with Gasteiger partial charge in [0.1, 0.15) is 5.82 Å². The van der Waals surface area contributed by atoms with E-state index in [1.165, 1.54) is 0 Å². The molecule has 1 saturated carbocycles. The van der Waals surface area contributed by atoms with Gasteiger partial charge in [0.25, 0.3) is 0 Å². The van der Waals surface area contributed by atoms with Gasteiger partial charge in [-0.2, -0.15) is 18.2 Å². The first kappa shape index (κ1) is 15.3. The van der Waals surface area contributed by atoms with Crippen molar-refractivity contribution in [3.63, 3.8) is 0 Å². The van der Waals surface area contributed by atoms with Gasteiger partial charge in [0.05, 0.1) is 5.69 Å². The number of benzene rings is 1. The maximum Gasteiger partial charge on any atom is 0.433 e. The summed E-state index contributed by atoms with van der Waals surface area (Å²) < 4.78 is 39.8. The van der Waals surface area contributed by atoms with E-state index in [1.54, 1.807) is 12.1 Å². The fourth-order valence-electron chi connectivity index (χ4n) is 1.83. The molecule has 3 rings (SSSR count). The van der Waals surface area contributed by atoms with E-state index in [9.17, 15) is 13.2 Å². The largest absolute Gasteiger partial charge is 0.433 e. The summed E-state index contributed by atoms with van der Waals surface area (Å²) in [7, 11) is 0. The van der Waals surface area contributed by atoms with Crippen LogP contribution in [0.1, 0.15) is 18.5 Å². The van der Waals surface area contributed by atoms with Crippen molar-refractivity contribution >= 4 is 40.0 Å². The van der Waals surface area contributed by atoms with Crippen molar-refractivity contribution in [1.82, 2.24) is 9.97 Å². The Labute approximate surface area is 138 Å². The number of aromatic nitrogens is 2. The third-order valence-electron chi connectivity index (χ3n) is 3.06. The van der Waals surface area contributed by atoms with Gasteiger partial charge in [-0.1, -0.05) is 12.1 Å². The summed E-state index contributed by atoms with van der Waals surface area (Å²) in [6, 6.07) is 8.39. The van der Waals surface area contributed by atoms with Gasteiger partial charge < -0.3 is 10.6 Å². The Kier molecular flexibility index (Phi) is 4.11. The first-order valence-corrected chi connectivity index (χ1v) is 7.74. The highest BCUT2D eigenvalue weighted by Crippen LogP contribution is 2.32. The zero-order valence-electron chi connectivity index (χ0n) is 11.3. The van der Waals surface area contributed by atoms with Crippen LogP contribution in [0.25, 0.3) is 0 Å². The minimum absolute atomic E-state index is 0.00534. The number of hydrogen-bond acceptors (Lipinski definition) is 4. The molecule has 0 amide bonds. The molecule has 1 fully saturated rings. The van der Waals surface area contributed by atoms with Crippen LogP contribution in [0.5, 0.6) is 0 Å². The molecule has 0 atom stereocenters. The monoisotopic (exact) mass is 420 g/mol. The van der Waals surface area contributed by atoms with Gasteiger partial charge in [-0.05, 0) is 47.6 Å². The Bertz CT molecular complexity index is 686. The fourth-order valence-corrected chi connectivity index (χ4v) is 2.35. The van der Waals surface area contributed by atoms with Crippen LogP contribution in [0.15, 0.2) is 30.3 Å². The molecule has 1 aromatic heterocycles. The van der Waals surface area contributed by atoms with Gasteiger partial charge in [0.2, 0.25) is 5.95 Å². The van der Waals surface area contributed by atoms with Crippen LogP contribution in [0.2, 0.25) is 0 Å². The molecule has 22 heavy (non-hydrogen) atoms. The van der Waals surface area contributed by atoms with Crippen LogP contribution in [-0.4, -0.2) is 16.0 Å². The maximum absolute atomic E-state index is 13.0. The van der Waals surface area contributed by atoms with Crippen molar-refractivity contribution in [3.05, 3.63) is 39.6 Å². The molecule has 0 radical (unpaired) electrons. The normalized spacial score (nSPS) is 14.7. The van der Waals surface area contributed by atoms with Gasteiger partial charge in [0.15, 0.2) is 5.69 Å². The Morgan fingerprint density at radius 1 is 1.14 bits per heavy atom. The van der Waals surface area contributed by atoms with Crippen molar-refractivity contribution in [1.29, 1.82) is 0 Å². The summed E-state index contributed by atoms with van der Waals surface area (Å²) in [6.45, 7) is 0. The molecule has 1 heterocycles. The summed E-state index contributed by atoms with van der Waals surface area (Å²) in [5.74, 6) is 0.125. The molecule has 2 N–H and O–H groups in total. The Morgan fingerprint density at radius 2 is 1.86 bits per heavy atom. The van der Waals surface area contributed by atoms with Gasteiger partial charge in [-0.3, -0.25) is 0 Å². The van der Waals surface area contributed by atoms with Crippen LogP contribution in [0.3, 0.4) is 0 Å². The number of nitrogens with zero attached hydrogens (tertiary/aromatic N) is 2. The minimum atomic E-state index is -4.51. The number of para-hydroxylation sites is 1. The van der Waals surface area contributed by atoms with Crippen molar-refractivity contribution in [2.24, 2.45) is 0 Å². The van der Waals surface area contributed by atoms with E-state index in [0.29, 0.717) is 5.69 Å². The second kappa shape index (κ2) is 5.90. The van der Waals surface area contributed by atoms with Crippen molar-refractivity contribution in [2.45, 2.75) is 25.1 Å². The Morgan fingerprint density at radius 3 is 2.50 bits per heavy atom. The van der Waals surface area contributed by atoms with Gasteiger partial charge >= 0.3 is 6.18 Å². The molecule has 1 aliphatic rings. The van der Waals surface area contributed by atoms with Crippen LogP contribution in [0, 0.1) is 3.57 Å². The third-order valence-corrected chi connectivity index (χ3v) is 4.00. The Hall–Kier alpha value is -1.58. The predicted molar refractivity (Wildman–Crippen MR) is 86.1 cm³/mol. The average molecular weight is 420 g/mol. The molecule has 0 saturated heterocycles. The Balaban J connectivity index is 1.93. The SMILES string of the molecule is FC(F)(F)c1cc(Nc2ccccc2I)nc(NC2CC2)n1. The summed E-state index contributed by atoms with van der Waals surface area (Å²) in [6.07, 6.45) is -2.65. The topological polar surface area (TPSA) is 49.8 Å². The number of anilines is 3. The highest BCUT2D eigenvalue weighted by Gasteiger charge is 2.34. The number of rotatable bonds is 4. The molecular formula is C14H12F3IN4. The lowest BCUT2D eigenvalue weighted by Gasteiger charge is -2.13. The van der Waals surface area contributed by atoms with E-state index in [1.807, 2.05) is 12.1 Å². The molecule has 0 unspecified atom stereocenters. The number of alkyl halides is 3. The lowest BCUT2D eigenvalue weighted by atomic mass is 10.3. The van der Waals surface area contributed by atoms with E-state index in [2.05, 4.69) is 43.2 Å². The highest BCUT2D eigenvalue weighted by atomic mass is 127. The molecule has 1 aromatic carbocycles. The third kappa shape index (κ3) is 3.79. The van der Waals surface area contributed by atoms with E-state index in [4.69, 9.17) is 0 Å². The second-order valence-electron chi connectivity index (χ2n) is 4.98. The molecule has 4 nitrogen and oxygen atoms in total. The standard InChI is InChI=1S/C14H12F3IN4/c15-14(16,17)11-7-12(20-10-4-2-1-3-9(10)18)22-13(21-11)19-8-5-6-8/h1-4,7-8H,5-6H2,(H2,19,20,21,22). The maximum atomic E-state index is 13.0. The summed E-state index contributed by atoms with van der Waals surface area (Å²) in [4.78, 5) is 7.69. The molecule has 116 valence electrons. The molecule has 0 bridgehead atoms. The molecule has 0 aliphatic heterocycles. The van der Waals surface area contributed by atoms with Crippen LogP contribution >= 0.6 is 22.6 Å². The van der Waals surface area contributed by atoms with E-state index >= 15 is 0 Å². The molecular weight excluding hydrogens is 408 g/mol. The minimum Gasteiger partial charge on any atom is -0.351 e. The zero-order valence-corrected chi connectivity index (χ0v) is 13.4. The quantitative estimate of drug-likeness (QED) is 0.720. The van der Waals surface area contributed by atoms with Gasteiger partial charge in [-0.15, -0.1) is 0 Å². The fraction of sp³-hybridized carbons (Fsp3) is 0.286. The number of halogens is 4. The predicted octanol–water partition coefficient (Wildman–Crippen LogP) is 4.42.